The average molecular weight is 254 g/mol. The molecule has 0 N–H and O–H groups in total. The van der Waals surface area contributed by atoms with Gasteiger partial charge in [0.2, 0.25) is 0 Å². The van der Waals surface area contributed by atoms with E-state index in [0.29, 0.717) is 0 Å². The molecule has 0 aliphatic heterocycles. The highest BCUT2D eigenvalue weighted by molar-refractivity contribution is 7.31. The first-order valence-electron chi connectivity index (χ1n) is 6.76. The summed E-state index contributed by atoms with van der Waals surface area (Å²) < 4.78 is 0. The molecule has 1 aliphatic rings. The van der Waals surface area contributed by atoms with Crippen molar-refractivity contribution in [1.82, 2.24) is 0 Å². The molecule has 3 rings (SSSR count). The van der Waals surface area contributed by atoms with Crippen LogP contribution in [0.15, 0.2) is 36.1 Å². The lowest BCUT2D eigenvalue weighted by Crippen LogP contribution is -1.88. The standard InChI is InChI=1S/C17H19P/c1-3-6-13-9-10-18-17(13)16-11-14-7-4-5-8-15(14)12(16)2/h4-5,7-10,18H,3,6,11H2,1-2H3. The van der Waals surface area contributed by atoms with Crippen molar-refractivity contribution >= 4 is 19.3 Å². The van der Waals surface area contributed by atoms with Crippen molar-refractivity contribution in [3.8, 4) is 0 Å². The van der Waals surface area contributed by atoms with E-state index in [9.17, 15) is 0 Å². The summed E-state index contributed by atoms with van der Waals surface area (Å²) in [5.74, 6) is 2.35. The zero-order valence-electron chi connectivity index (χ0n) is 11.1. The Labute approximate surface area is 111 Å². The van der Waals surface area contributed by atoms with E-state index in [2.05, 4.69) is 50.0 Å². The number of hydrogen-bond donors (Lipinski definition) is 0. The molecular weight excluding hydrogens is 235 g/mol. The molecule has 0 bridgehead atoms. The summed E-state index contributed by atoms with van der Waals surface area (Å²) in [6.07, 6.45) is 3.61. The Morgan fingerprint density at radius 3 is 2.78 bits per heavy atom. The van der Waals surface area contributed by atoms with Crippen LogP contribution in [0.25, 0.3) is 11.1 Å². The fourth-order valence-corrected chi connectivity index (χ4v) is 4.26. The van der Waals surface area contributed by atoms with Crippen LogP contribution < -0.4 is 0 Å². The minimum atomic E-state index is 0.879. The lowest BCUT2D eigenvalue weighted by Gasteiger charge is -2.06. The summed E-state index contributed by atoms with van der Waals surface area (Å²) >= 11 is 0. The first-order valence-corrected chi connectivity index (χ1v) is 7.83. The van der Waals surface area contributed by atoms with Gasteiger partial charge in [-0.15, -0.1) is 8.19 Å². The van der Waals surface area contributed by atoms with Gasteiger partial charge >= 0.3 is 0 Å². The predicted molar refractivity (Wildman–Crippen MR) is 82.6 cm³/mol. The second-order valence-electron chi connectivity index (χ2n) is 5.07. The molecule has 1 unspecified atom stereocenters. The number of fused-ring (bicyclic) bond motifs is 1. The Hall–Kier alpha value is -1.26. The SMILES string of the molecule is CCCc1cc[pH]c1C1=C(C)c2ccccc2C1. The predicted octanol–water partition coefficient (Wildman–Crippen LogP) is 5.16. The molecule has 92 valence electrons. The second kappa shape index (κ2) is 4.78. The van der Waals surface area contributed by atoms with Crippen molar-refractivity contribution in [3.63, 3.8) is 0 Å². The normalized spacial score (nSPS) is 14.6. The fraction of sp³-hybridized carbons (Fsp3) is 0.294. The molecule has 18 heavy (non-hydrogen) atoms. The summed E-state index contributed by atoms with van der Waals surface area (Å²) in [5.41, 5.74) is 7.66. The number of benzene rings is 1. The molecule has 0 nitrogen and oxygen atoms in total. The highest BCUT2D eigenvalue weighted by Gasteiger charge is 2.20. The second-order valence-corrected chi connectivity index (χ2v) is 6.19. The van der Waals surface area contributed by atoms with Gasteiger partial charge in [-0.3, -0.25) is 0 Å². The maximum atomic E-state index is 2.35. The summed E-state index contributed by atoms with van der Waals surface area (Å²) in [6.45, 7) is 4.56. The van der Waals surface area contributed by atoms with Crippen molar-refractivity contribution in [2.24, 2.45) is 0 Å². The van der Waals surface area contributed by atoms with Gasteiger partial charge in [0.15, 0.2) is 0 Å². The first kappa shape index (κ1) is 11.8. The third-order valence-corrected chi connectivity index (χ3v) is 5.14. The number of allylic oxidation sites excluding steroid dienone is 2. The Morgan fingerprint density at radius 2 is 2.00 bits per heavy atom. The van der Waals surface area contributed by atoms with E-state index in [1.165, 1.54) is 29.5 Å². The summed E-state index contributed by atoms with van der Waals surface area (Å²) in [5, 5.41) is 1.63. The van der Waals surface area contributed by atoms with E-state index >= 15 is 0 Å². The number of hydrogen-bond acceptors (Lipinski definition) is 0. The quantitative estimate of drug-likeness (QED) is 0.710. The van der Waals surface area contributed by atoms with Crippen molar-refractivity contribution in [1.29, 1.82) is 0 Å². The zero-order chi connectivity index (χ0) is 12.5. The van der Waals surface area contributed by atoms with Crippen LogP contribution >= 0.6 is 8.19 Å². The summed E-state index contributed by atoms with van der Waals surface area (Å²) in [6, 6.07) is 11.2. The van der Waals surface area contributed by atoms with Crippen molar-refractivity contribution in [2.75, 3.05) is 0 Å². The van der Waals surface area contributed by atoms with E-state index in [0.717, 1.165) is 14.6 Å². The summed E-state index contributed by atoms with van der Waals surface area (Å²) in [7, 11) is 0.879. The van der Waals surface area contributed by atoms with Gasteiger partial charge in [0.25, 0.3) is 0 Å². The van der Waals surface area contributed by atoms with Crippen LogP contribution in [0.4, 0.5) is 0 Å². The van der Waals surface area contributed by atoms with Gasteiger partial charge in [-0.25, -0.2) is 0 Å². The molecule has 1 aromatic carbocycles. The van der Waals surface area contributed by atoms with Crippen LogP contribution in [0.5, 0.6) is 0 Å². The van der Waals surface area contributed by atoms with Gasteiger partial charge in [0, 0.05) is 0 Å². The van der Waals surface area contributed by atoms with Crippen LogP contribution in [-0.2, 0) is 12.8 Å². The van der Waals surface area contributed by atoms with Crippen LogP contribution in [-0.4, -0.2) is 0 Å². The van der Waals surface area contributed by atoms with Gasteiger partial charge in [-0.1, -0.05) is 43.7 Å². The lowest BCUT2D eigenvalue weighted by molar-refractivity contribution is 0.923. The lowest BCUT2D eigenvalue weighted by atomic mass is 10.0. The molecule has 1 aliphatic carbocycles. The molecule has 0 saturated carbocycles. The van der Waals surface area contributed by atoms with Gasteiger partial charge in [-0.2, -0.15) is 0 Å². The first-order chi connectivity index (χ1) is 8.81. The molecule has 2 aromatic rings. The highest BCUT2D eigenvalue weighted by Crippen LogP contribution is 2.42. The van der Waals surface area contributed by atoms with E-state index in [4.69, 9.17) is 0 Å². The molecule has 1 atom stereocenters. The molecule has 0 radical (unpaired) electrons. The van der Waals surface area contributed by atoms with Crippen molar-refractivity contribution < 1.29 is 0 Å². The molecule has 1 heteroatoms. The largest absolute Gasteiger partial charge is 0.132 e. The number of aryl methyl sites for hydroxylation is 1. The van der Waals surface area contributed by atoms with Gasteiger partial charge in [-0.05, 0) is 58.7 Å². The fourth-order valence-electron chi connectivity index (χ4n) is 2.96. The smallest absolute Gasteiger partial charge is 0.000765 e. The van der Waals surface area contributed by atoms with E-state index < -0.39 is 0 Å². The van der Waals surface area contributed by atoms with E-state index in [1.54, 1.807) is 16.4 Å². The Balaban J connectivity index is 2.05. The number of rotatable bonds is 3. The van der Waals surface area contributed by atoms with Crippen molar-refractivity contribution in [3.05, 3.63) is 58.1 Å². The molecular formula is C17H19P. The van der Waals surface area contributed by atoms with Gasteiger partial charge in [0.05, 0.1) is 0 Å². The van der Waals surface area contributed by atoms with Crippen molar-refractivity contribution in [2.45, 2.75) is 33.1 Å². The monoisotopic (exact) mass is 254 g/mol. The minimum absolute atomic E-state index is 0.879. The van der Waals surface area contributed by atoms with Crippen LogP contribution in [0.3, 0.4) is 0 Å². The topological polar surface area (TPSA) is 0 Å². The Morgan fingerprint density at radius 1 is 1.17 bits per heavy atom. The zero-order valence-corrected chi connectivity index (χ0v) is 12.1. The third-order valence-electron chi connectivity index (χ3n) is 3.90. The molecule has 0 spiro atoms. The average Bonchev–Trinajstić information content (AvgIpc) is 2.96. The molecule has 0 saturated heterocycles. The van der Waals surface area contributed by atoms with Crippen LogP contribution in [0.1, 0.15) is 42.3 Å². The third kappa shape index (κ3) is 1.85. The maximum Gasteiger partial charge on any atom is -0.000765 e. The highest BCUT2D eigenvalue weighted by atomic mass is 31.0. The van der Waals surface area contributed by atoms with Crippen LogP contribution in [0, 0.1) is 0 Å². The van der Waals surface area contributed by atoms with Gasteiger partial charge < -0.3 is 0 Å². The van der Waals surface area contributed by atoms with E-state index in [-0.39, 0.29) is 0 Å². The molecule has 1 heterocycles. The Kier molecular flexibility index (Phi) is 3.14. The maximum absolute atomic E-state index is 2.35. The Bertz CT molecular complexity index is 602. The van der Waals surface area contributed by atoms with E-state index in [1.807, 2.05) is 0 Å². The molecule has 0 amide bonds. The molecule has 0 fully saturated rings. The van der Waals surface area contributed by atoms with Gasteiger partial charge in [0.1, 0.15) is 0 Å². The molecule has 1 aromatic heterocycles. The van der Waals surface area contributed by atoms with Crippen LogP contribution in [0.2, 0.25) is 0 Å². The summed E-state index contributed by atoms with van der Waals surface area (Å²) in [4.78, 5) is 0. The minimum Gasteiger partial charge on any atom is -0.132 e.